The highest BCUT2D eigenvalue weighted by Gasteiger charge is 2.31. The van der Waals surface area contributed by atoms with E-state index in [1.807, 2.05) is 36.5 Å². The molecule has 0 spiro atoms. The van der Waals surface area contributed by atoms with Gasteiger partial charge in [0.25, 0.3) is 0 Å². The molecule has 7 nitrogen and oxygen atoms in total. The molecule has 0 aliphatic carbocycles. The Morgan fingerprint density at radius 3 is 2.31 bits per heavy atom. The van der Waals surface area contributed by atoms with Gasteiger partial charge in [0.2, 0.25) is 5.91 Å². The minimum atomic E-state index is -1.09. The number of ether oxygens (including phenoxy) is 1. The van der Waals surface area contributed by atoms with Crippen molar-refractivity contribution in [2.75, 3.05) is 0 Å². The Morgan fingerprint density at radius 1 is 1.12 bits per heavy atom. The van der Waals surface area contributed by atoms with E-state index in [9.17, 15) is 9.59 Å². The lowest BCUT2D eigenvalue weighted by Crippen LogP contribution is -2.55. The molecule has 0 aliphatic heterocycles. The lowest BCUT2D eigenvalue weighted by Gasteiger charge is -2.27. The molecule has 26 heavy (non-hydrogen) atoms. The first-order valence-corrected chi connectivity index (χ1v) is 8.45. The van der Waals surface area contributed by atoms with Gasteiger partial charge in [-0.1, -0.05) is 12.1 Å². The van der Waals surface area contributed by atoms with Crippen LogP contribution in [0.15, 0.2) is 42.7 Å². The zero-order valence-electron chi connectivity index (χ0n) is 15.9. The third-order valence-corrected chi connectivity index (χ3v) is 3.54. The molecule has 140 valence electrons. The summed E-state index contributed by atoms with van der Waals surface area (Å²) in [6, 6.07) is 9.56. The molecule has 2 N–H and O–H groups in total. The van der Waals surface area contributed by atoms with E-state index in [2.05, 4.69) is 15.7 Å². The molecular weight excluding hydrogens is 332 g/mol. The predicted octanol–water partition coefficient (Wildman–Crippen LogP) is 2.79. The standard InChI is InChI=1S/C19H26N4O3/c1-18(2,3)26-17(25)22-19(4,5)16(24)20-13-14-7-9-15(10-8-14)23-12-6-11-21-23/h6-12H,13H2,1-5H3,(H,20,24)(H,22,25). The molecular formula is C19H26N4O3. The molecule has 0 aliphatic rings. The highest BCUT2D eigenvalue weighted by molar-refractivity contribution is 5.89. The minimum absolute atomic E-state index is 0.292. The Bertz CT molecular complexity index is 744. The molecule has 2 rings (SSSR count). The van der Waals surface area contributed by atoms with Crippen LogP contribution >= 0.6 is 0 Å². The third kappa shape index (κ3) is 5.61. The topological polar surface area (TPSA) is 85.2 Å². The van der Waals surface area contributed by atoms with Gasteiger partial charge in [0.05, 0.1) is 5.69 Å². The van der Waals surface area contributed by atoms with Crippen molar-refractivity contribution in [3.8, 4) is 5.69 Å². The van der Waals surface area contributed by atoms with Crippen molar-refractivity contribution >= 4 is 12.0 Å². The number of nitrogens with one attached hydrogen (secondary N) is 2. The molecule has 0 saturated heterocycles. The summed E-state index contributed by atoms with van der Waals surface area (Å²) in [7, 11) is 0. The van der Waals surface area contributed by atoms with Gasteiger partial charge in [0.15, 0.2) is 0 Å². The SMILES string of the molecule is CC(C)(C)OC(=O)NC(C)(C)C(=O)NCc1ccc(-n2cccn2)cc1. The van der Waals surface area contributed by atoms with Crippen LogP contribution in [-0.2, 0) is 16.1 Å². The van der Waals surface area contributed by atoms with Gasteiger partial charge in [-0.15, -0.1) is 0 Å². The van der Waals surface area contributed by atoms with Gasteiger partial charge in [-0.05, 0) is 58.4 Å². The van der Waals surface area contributed by atoms with Gasteiger partial charge in [0.1, 0.15) is 11.1 Å². The zero-order valence-corrected chi connectivity index (χ0v) is 15.9. The number of rotatable bonds is 5. The normalized spacial score (nSPS) is 11.7. The van der Waals surface area contributed by atoms with Crippen LogP contribution < -0.4 is 10.6 Å². The average Bonchev–Trinajstić information content (AvgIpc) is 3.05. The summed E-state index contributed by atoms with van der Waals surface area (Å²) in [6.07, 6.45) is 2.96. The van der Waals surface area contributed by atoms with Gasteiger partial charge in [-0.2, -0.15) is 5.10 Å². The molecule has 1 aromatic carbocycles. The predicted molar refractivity (Wildman–Crippen MR) is 98.9 cm³/mol. The van der Waals surface area contributed by atoms with Crippen LogP contribution in [-0.4, -0.2) is 32.9 Å². The Balaban J connectivity index is 1.89. The molecule has 2 amide bonds. The van der Waals surface area contributed by atoms with Crippen LogP contribution in [0.2, 0.25) is 0 Å². The fraction of sp³-hybridized carbons (Fsp3) is 0.421. The maximum atomic E-state index is 12.4. The van der Waals surface area contributed by atoms with Gasteiger partial charge in [-0.25, -0.2) is 9.48 Å². The van der Waals surface area contributed by atoms with E-state index in [-0.39, 0.29) is 5.91 Å². The Hall–Kier alpha value is -2.83. The van der Waals surface area contributed by atoms with Crippen molar-refractivity contribution in [2.24, 2.45) is 0 Å². The molecule has 7 heteroatoms. The number of alkyl carbamates (subject to hydrolysis) is 1. The largest absolute Gasteiger partial charge is 0.444 e. The maximum Gasteiger partial charge on any atom is 0.408 e. The van der Waals surface area contributed by atoms with Crippen molar-refractivity contribution in [2.45, 2.75) is 52.3 Å². The number of carbonyl (C=O) groups excluding carboxylic acids is 2. The quantitative estimate of drug-likeness (QED) is 0.861. The number of hydrogen-bond acceptors (Lipinski definition) is 4. The monoisotopic (exact) mass is 358 g/mol. The number of aromatic nitrogens is 2. The van der Waals surface area contributed by atoms with Crippen molar-refractivity contribution < 1.29 is 14.3 Å². The average molecular weight is 358 g/mol. The number of hydrogen-bond donors (Lipinski definition) is 2. The van der Waals surface area contributed by atoms with Gasteiger partial charge >= 0.3 is 6.09 Å². The second kappa shape index (κ2) is 7.59. The highest BCUT2D eigenvalue weighted by atomic mass is 16.6. The fourth-order valence-electron chi connectivity index (χ4n) is 2.21. The zero-order chi connectivity index (χ0) is 19.4. The third-order valence-electron chi connectivity index (χ3n) is 3.54. The summed E-state index contributed by atoms with van der Waals surface area (Å²) in [5.41, 5.74) is 0.184. The van der Waals surface area contributed by atoms with Crippen molar-refractivity contribution in [3.63, 3.8) is 0 Å². The van der Waals surface area contributed by atoms with Gasteiger partial charge in [0, 0.05) is 18.9 Å². The number of nitrogens with zero attached hydrogens (tertiary/aromatic N) is 2. The molecule has 0 saturated carbocycles. The van der Waals surface area contributed by atoms with Crippen LogP contribution in [0.25, 0.3) is 5.69 Å². The second-order valence-corrected chi connectivity index (χ2v) is 7.55. The van der Waals surface area contributed by atoms with Crippen molar-refractivity contribution in [1.82, 2.24) is 20.4 Å². The van der Waals surface area contributed by atoms with Crippen LogP contribution in [0.3, 0.4) is 0 Å². The van der Waals surface area contributed by atoms with Crippen molar-refractivity contribution in [3.05, 3.63) is 48.3 Å². The van der Waals surface area contributed by atoms with Crippen molar-refractivity contribution in [1.29, 1.82) is 0 Å². The summed E-state index contributed by atoms with van der Waals surface area (Å²) in [6.45, 7) is 8.93. The number of carbonyl (C=O) groups is 2. The van der Waals surface area contributed by atoms with E-state index in [0.29, 0.717) is 6.54 Å². The summed E-state index contributed by atoms with van der Waals surface area (Å²) >= 11 is 0. The number of benzene rings is 1. The van der Waals surface area contributed by atoms with Crippen LogP contribution in [0.1, 0.15) is 40.2 Å². The molecule has 1 aromatic heterocycles. The summed E-state index contributed by atoms with van der Waals surface area (Å²) < 4.78 is 6.96. The van der Waals surface area contributed by atoms with E-state index in [0.717, 1.165) is 11.3 Å². The first-order chi connectivity index (χ1) is 12.1. The lowest BCUT2D eigenvalue weighted by molar-refractivity contribution is -0.126. The van der Waals surface area contributed by atoms with E-state index in [4.69, 9.17) is 4.74 Å². The van der Waals surface area contributed by atoms with Crippen LogP contribution in [0, 0.1) is 0 Å². The maximum absolute atomic E-state index is 12.4. The first kappa shape index (κ1) is 19.5. The molecule has 0 radical (unpaired) electrons. The minimum Gasteiger partial charge on any atom is -0.444 e. The fourth-order valence-corrected chi connectivity index (χ4v) is 2.21. The van der Waals surface area contributed by atoms with E-state index in [1.165, 1.54) is 0 Å². The highest BCUT2D eigenvalue weighted by Crippen LogP contribution is 2.11. The van der Waals surface area contributed by atoms with E-state index in [1.54, 1.807) is 45.5 Å². The molecule has 0 atom stereocenters. The van der Waals surface area contributed by atoms with Gasteiger partial charge < -0.3 is 15.4 Å². The van der Waals surface area contributed by atoms with Crippen LogP contribution in [0.5, 0.6) is 0 Å². The summed E-state index contributed by atoms with van der Waals surface area (Å²) in [5.74, 6) is -0.292. The van der Waals surface area contributed by atoms with Crippen LogP contribution in [0.4, 0.5) is 4.79 Å². The van der Waals surface area contributed by atoms with E-state index >= 15 is 0 Å². The van der Waals surface area contributed by atoms with Gasteiger partial charge in [-0.3, -0.25) is 4.79 Å². The van der Waals surface area contributed by atoms with E-state index < -0.39 is 17.2 Å². The Labute approximate surface area is 153 Å². The molecule has 1 heterocycles. The molecule has 0 unspecified atom stereocenters. The molecule has 2 aromatic rings. The molecule has 0 bridgehead atoms. The second-order valence-electron chi connectivity index (χ2n) is 7.55. The summed E-state index contributed by atoms with van der Waals surface area (Å²) in [5, 5.41) is 9.59. The Morgan fingerprint density at radius 2 is 1.77 bits per heavy atom. The Kier molecular flexibility index (Phi) is 5.69. The smallest absolute Gasteiger partial charge is 0.408 e. The lowest BCUT2D eigenvalue weighted by atomic mass is 10.0. The summed E-state index contributed by atoms with van der Waals surface area (Å²) in [4.78, 5) is 24.3. The first-order valence-electron chi connectivity index (χ1n) is 8.45. The number of amides is 2. The molecule has 0 fully saturated rings.